The van der Waals surface area contributed by atoms with Crippen molar-refractivity contribution in [3.8, 4) is 0 Å². The Bertz CT molecular complexity index is 975. The van der Waals surface area contributed by atoms with Crippen LogP contribution in [-0.4, -0.2) is 13.4 Å². The molecular formula is C17H18N2O3S. The van der Waals surface area contributed by atoms with Crippen LogP contribution in [0.25, 0.3) is 11.1 Å². The minimum atomic E-state index is -3.55. The molecule has 0 bridgehead atoms. The number of rotatable bonds is 4. The molecule has 1 aromatic heterocycles. The van der Waals surface area contributed by atoms with Gasteiger partial charge in [-0.25, -0.2) is 18.1 Å². The molecule has 3 rings (SSSR count). The van der Waals surface area contributed by atoms with Crippen molar-refractivity contribution in [2.45, 2.75) is 32.2 Å². The second kappa shape index (κ2) is 5.79. The van der Waals surface area contributed by atoms with Gasteiger partial charge in [-0.1, -0.05) is 23.8 Å². The quantitative estimate of drug-likeness (QED) is 0.797. The number of aromatic nitrogens is 1. The van der Waals surface area contributed by atoms with Gasteiger partial charge in [0.05, 0.1) is 4.90 Å². The van der Waals surface area contributed by atoms with E-state index in [1.165, 1.54) is 0 Å². The van der Waals surface area contributed by atoms with E-state index in [-0.39, 0.29) is 6.54 Å². The van der Waals surface area contributed by atoms with Crippen LogP contribution in [0.4, 0.5) is 0 Å². The van der Waals surface area contributed by atoms with E-state index in [0.717, 1.165) is 22.2 Å². The zero-order valence-corrected chi connectivity index (χ0v) is 14.1. The average molecular weight is 330 g/mol. The highest BCUT2D eigenvalue weighted by Gasteiger charge is 2.16. The fourth-order valence-corrected chi connectivity index (χ4v) is 3.80. The molecule has 2 aromatic carbocycles. The van der Waals surface area contributed by atoms with Crippen LogP contribution in [-0.2, 0) is 16.6 Å². The highest BCUT2D eigenvalue weighted by molar-refractivity contribution is 7.89. The van der Waals surface area contributed by atoms with Gasteiger partial charge < -0.3 is 4.42 Å². The highest BCUT2D eigenvalue weighted by atomic mass is 32.2. The lowest BCUT2D eigenvalue weighted by Crippen LogP contribution is -2.24. The normalized spacial score (nSPS) is 12.0. The van der Waals surface area contributed by atoms with Gasteiger partial charge >= 0.3 is 0 Å². The summed E-state index contributed by atoms with van der Waals surface area (Å²) < 4.78 is 33.0. The van der Waals surface area contributed by atoms with Crippen LogP contribution in [0, 0.1) is 20.8 Å². The number of hydrogen-bond acceptors (Lipinski definition) is 4. The Balaban J connectivity index is 1.82. The Kier molecular flexibility index (Phi) is 3.95. The van der Waals surface area contributed by atoms with Gasteiger partial charge in [0.2, 0.25) is 10.0 Å². The summed E-state index contributed by atoms with van der Waals surface area (Å²) in [7, 11) is -3.55. The van der Waals surface area contributed by atoms with Crippen LogP contribution >= 0.6 is 0 Å². The summed E-state index contributed by atoms with van der Waals surface area (Å²) in [6.07, 6.45) is 0. The van der Waals surface area contributed by atoms with Crippen molar-refractivity contribution >= 4 is 21.1 Å². The third-order valence-corrected chi connectivity index (χ3v) is 5.21. The minimum Gasteiger partial charge on any atom is -0.441 e. The summed E-state index contributed by atoms with van der Waals surface area (Å²) in [5.41, 5.74) is 4.03. The first-order valence-corrected chi connectivity index (χ1v) is 8.76. The molecule has 6 heteroatoms. The maximum atomic E-state index is 12.5. The van der Waals surface area contributed by atoms with Crippen molar-refractivity contribution in [3.63, 3.8) is 0 Å². The molecule has 120 valence electrons. The fourth-order valence-electron chi connectivity index (χ4n) is 2.56. The smallest absolute Gasteiger partial charge is 0.241 e. The number of hydrogen-bond donors (Lipinski definition) is 1. The van der Waals surface area contributed by atoms with E-state index >= 15 is 0 Å². The predicted molar refractivity (Wildman–Crippen MR) is 88.7 cm³/mol. The molecule has 0 saturated carbocycles. The molecule has 1 heterocycles. The molecule has 0 atom stereocenters. The zero-order chi connectivity index (χ0) is 16.6. The average Bonchev–Trinajstić information content (AvgIpc) is 2.84. The number of fused-ring (bicyclic) bond motifs is 1. The summed E-state index contributed by atoms with van der Waals surface area (Å²) in [6, 6.07) is 10.8. The number of nitrogens with zero attached hydrogens (tertiary/aromatic N) is 1. The molecule has 0 amide bonds. The first-order valence-electron chi connectivity index (χ1n) is 7.28. The molecule has 23 heavy (non-hydrogen) atoms. The van der Waals surface area contributed by atoms with Crippen LogP contribution in [0.15, 0.2) is 45.7 Å². The summed E-state index contributed by atoms with van der Waals surface area (Å²) >= 11 is 0. The van der Waals surface area contributed by atoms with Gasteiger partial charge in [-0.05, 0) is 43.2 Å². The summed E-state index contributed by atoms with van der Waals surface area (Å²) in [5, 5.41) is 0. The Morgan fingerprint density at radius 2 is 1.87 bits per heavy atom. The Labute approximate surface area is 135 Å². The van der Waals surface area contributed by atoms with Crippen molar-refractivity contribution in [1.29, 1.82) is 0 Å². The fraction of sp³-hybridized carbons (Fsp3) is 0.235. The molecule has 5 nitrogen and oxygen atoms in total. The maximum absolute atomic E-state index is 12.5. The van der Waals surface area contributed by atoms with Crippen molar-refractivity contribution < 1.29 is 12.8 Å². The van der Waals surface area contributed by atoms with Crippen LogP contribution < -0.4 is 4.72 Å². The minimum absolute atomic E-state index is 0.206. The predicted octanol–water partition coefficient (Wildman–Crippen LogP) is 3.23. The number of sulfonamides is 1. The lowest BCUT2D eigenvalue weighted by atomic mass is 10.2. The van der Waals surface area contributed by atoms with E-state index < -0.39 is 10.0 Å². The second-order valence-electron chi connectivity index (χ2n) is 5.63. The molecular weight excluding hydrogens is 312 g/mol. The Morgan fingerprint density at radius 3 is 2.61 bits per heavy atom. The van der Waals surface area contributed by atoms with E-state index in [0.29, 0.717) is 16.4 Å². The number of nitrogens with one attached hydrogen (secondary N) is 1. The van der Waals surface area contributed by atoms with Crippen molar-refractivity contribution in [1.82, 2.24) is 9.71 Å². The lowest BCUT2D eigenvalue weighted by Gasteiger charge is -2.10. The maximum Gasteiger partial charge on any atom is 0.241 e. The monoisotopic (exact) mass is 330 g/mol. The molecule has 0 saturated heterocycles. The number of oxazole rings is 1. The number of benzene rings is 2. The summed E-state index contributed by atoms with van der Waals surface area (Å²) in [5.74, 6) is 0.591. The first-order chi connectivity index (χ1) is 10.8. The van der Waals surface area contributed by atoms with E-state index in [4.69, 9.17) is 4.42 Å². The third-order valence-electron chi connectivity index (χ3n) is 3.65. The van der Waals surface area contributed by atoms with Gasteiger partial charge in [0, 0.05) is 13.5 Å². The molecule has 0 aliphatic heterocycles. The van der Waals surface area contributed by atoms with Crippen LogP contribution in [0.3, 0.4) is 0 Å². The SMILES string of the molecule is Cc1ccc(S(=O)(=O)NCc2ccc3oc(C)nc3c2)c(C)c1. The second-order valence-corrected chi connectivity index (χ2v) is 7.36. The topological polar surface area (TPSA) is 72.2 Å². The lowest BCUT2D eigenvalue weighted by molar-refractivity contribution is 0.561. The molecule has 0 aliphatic rings. The largest absolute Gasteiger partial charge is 0.441 e. The molecule has 0 spiro atoms. The number of aryl methyl sites for hydroxylation is 3. The molecule has 0 unspecified atom stereocenters. The summed E-state index contributed by atoms with van der Waals surface area (Å²) in [6.45, 7) is 5.72. The van der Waals surface area contributed by atoms with Crippen molar-refractivity contribution in [2.24, 2.45) is 0 Å². The van der Waals surface area contributed by atoms with E-state index in [1.54, 1.807) is 32.0 Å². The zero-order valence-electron chi connectivity index (χ0n) is 13.3. The highest BCUT2D eigenvalue weighted by Crippen LogP contribution is 2.19. The summed E-state index contributed by atoms with van der Waals surface area (Å²) in [4.78, 5) is 4.56. The van der Waals surface area contributed by atoms with E-state index in [1.807, 2.05) is 25.1 Å². The van der Waals surface area contributed by atoms with E-state index in [9.17, 15) is 8.42 Å². The van der Waals surface area contributed by atoms with Crippen molar-refractivity contribution in [3.05, 3.63) is 59.0 Å². The molecule has 0 fully saturated rings. The van der Waals surface area contributed by atoms with Crippen LogP contribution in [0.1, 0.15) is 22.6 Å². The molecule has 0 radical (unpaired) electrons. The van der Waals surface area contributed by atoms with Gasteiger partial charge in [-0.2, -0.15) is 0 Å². The van der Waals surface area contributed by atoms with Crippen LogP contribution in [0.5, 0.6) is 0 Å². The first kappa shape index (κ1) is 15.7. The van der Waals surface area contributed by atoms with Crippen LogP contribution in [0.2, 0.25) is 0 Å². The molecule has 1 N–H and O–H groups in total. The molecule has 0 aliphatic carbocycles. The van der Waals surface area contributed by atoms with Gasteiger partial charge in [0.1, 0.15) is 5.52 Å². The van der Waals surface area contributed by atoms with Gasteiger partial charge in [0.15, 0.2) is 11.5 Å². The van der Waals surface area contributed by atoms with Gasteiger partial charge in [-0.3, -0.25) is 0 Å². The standard InChI is InChI=1S/C17H18N2O3S/c1-11-4-7-17(12(2)8-11)23(20,21)18-10-14-5-6-16-15(9-14)19-13(3)22-16/h4-9,18H,10H2,1-3H3. The Hall–Kier alpha value is -2.18. The molecule has 3 aromatic rings. The van der Waals surface area contributed by atoms with Gasteiger partial charge in [0.25, 0.3) is 0 Å². The Morgan fingerprint density at radius 1 is 1.09 bits per heavy atom. The van der Waals surface area contributed by atoms with E-state index in [2.05, 4.69) is 9.71 Å². The van der Waals surface area contributed by atoms with Crippen molar-refractivity contribution in [2.75, 3.05) is 0 Å². The van der Waals surface area contributed by atoms with Gasteiger partial charge in [-0.15, -0.1) is 0 Å². The third kappa shape index (κ3) is 3.28.